The van der Waals surface area contributed by atoms with E-state index in [1.54, 1.807) is 36.4 Å². The van der Waals surface area contributed by atoms with Gasteiger partial charge in [0, 0.05) is 15.6 Å². The van der Waals surface area contributed by atoms with E-state index in [9.17, 15) is 14.7 Å². The summed E-state index contributed by atoms with van der Waals surface area (Å²) < 4.78 is 1.26. The van der Waals surface area contributed by atoms with Crippen molar-refractivity contribution in [3.63, 3.8) is 0 Å². The number of aryl methyl sites for hydroxylation is 3. The number of hydrogen-bond acceptors (Lipinski definition) is 5. The number of hydrogen-bond donors (Lipinski definition) is 2. The zero-order chi connectivity index (χ0) is 22.9. The van der Waals surface area contributed by atoms with E-state index in [1.165, 1.54) is 32.6 Å². The number of nitrogens with zero attached hydrogens (tertiary/aromatic N) is 2. The van der Waals surface area contributed by atoms with E-state index in [4.69, 9.17) is 0 Å². The number of rotatable bonds is 4. The molecule has 0 radical (unpaired) electrons. The average molecular weight is 458 g/mol. The van der Waals surface area contributed by atoms with Crippen LogP contribution in [0.5, 0.6) is 5.88 Å². The van der Waals surface area contributed by atoms with Crippen LogP contribution in [0.3, 0.4) is 0 Å². The van der Waals surface area contributed by atoms with Crippen molar-refractivity contribution in [2.75, 3.05) is 0 Å². The van der Waals surface area contributed by atoms with Gasteiger partial charge in [0.1, 0.15) is 0 Å². The molecule has 5 rings (SSSR count). The van der Waals surface area contributed by atoms with Crippen LogP contribution in [0.15, 0.2) is 64.5 Å². The van der Waals surface area contributed by atoms with Gasteiger partial charge in [0.05, 0.1) is 22.3 Å². The topological polar surface area (TPSA) is 83.7 Å². The van der Waals surface area contributed by atoms with Crippen LogP contribution in [0, 0.1) is 6.92 Å². The highest BCUT2D eigenvalue weighted by Gasteiger charge is 2.18. The minimum Gasteiger partial charge on any atom is -0.494 e. The molecule has 0 bridgehead atoms. The molecule has 2 aromatic carbocycles. The Hall–Kier alpha value is -3.71. The Balaban J connectivity index is 1.51. The number of thiophene rings is 1. The number of fused-ring (bicyclic) bond motifs is 2. The Morgan fingerprint density at radius 3 is 2.58 bits per heavy atom. The normalized spacial score (nSPS) is 13.4. The van der Waals surface area contributed by atoms with E-state index in [1.807, 2.05) is 25.1 Å². The number of amides is 1. The van der Waals surface area contributed by atoms with Crippen LogP contribution >= 0.6 is 11.3 Å². The monoisotopic (exact) mass is 457 g/mol. The van der Waals surface area contributed by atoms with Gasteiger partial charge in [-0.15, -0.1) is 11.3 Å². The summed E-state index contributed by atoms with van der Waals surface area (Å²) in [5, 5.41) is 16.2. The summed E-state index contributed by atoms with van der Waals surface area (Å²) in [5.41, 5.74) is 5.47. The average Bonchev–Trinajstić information content (AvgIpc) is 3.27. The maximum atomic E-state index is 13.1. The first kappa shape index (κ1) is 21.2. The second-order valence-corrected chi connectivity index (χ2v) is 9.36. The van der Waals surface area contributed by atoms with Crippen LogP contribution in [0.2, 0.25) is 0 Å². The van der Waals surface area contributed by atoms with Crippen LogP contribution in [-0.4, -0.2) is 21.8 Å². The van der Waals surface area contributed by atoms with Gasteiger partial charge in [0.2, 0.25) is 5.88 Å². The van der Waals surface area contributed by atoms with E-state index in [2.05, 4.69) is 10.5 Å². The van der Waals surface area contributed by atoms with Gasteiger partial charge in [-0.1, -0.05) is 35.9 Å². The van der Waals surface area contributed by atoms with E-state index in [-0.39, 0.29) is 17.3 Å². The molecule has 1 amide bonds. The minimum absolute atomic E-state index is 0.230. The van der Waals surface area contributed by atoms with Crippen LogP contribution in [0.1, 0.15) is 44.1 Å². The van der Waals surface area contributed by atoms with Crippen LogP contribution in [0.25, 0.3) is 16.5 Å². The number of carbonyl (C=O) groups excluding carboxylic acids is 1. The number of hydrazone groups is 1. The van der Waals surface area contributed by atoms with Crippen LogP contribution < -0.4 is 11.0 Å². The van der Waals surface area contributed by atoms with Gasteiger partial charge in [0.15, 0.2) is 0 Å². The summed E-state index contributed by atoms with van der Waals surface area (Å²) in [4.78, 5) is 27.7. The molecular weight excluding hydrogens is 434 g/mol. The van der Waals surface area contributed by atoms with Gasteiger partial charge in [-0.25, -0.2) is 9.99 Å². The molecule has 1 aliphatic carbocycles. The maximum Gasteiger partial charge on any atom is 0.281 e. The highest BCUT2D eigenvalue weighted by atomic mass is 32.1. The molecule has 0 saturated carbocycles. The largest absolute Gasteiger partial charge is 0.494 e. The maximum absolute atomic E-state index is 13.1. The number of aromatic nitrogens is 1. The first-order valence-electron chi connectivity index (χ1n) is 10.9. The molecule has 1 aliphatic rings. The van der Waals surface area contributed by atoms with E-state index in [0.717, 1.165) is 31.2 Å². The number of pyridine rings is 1. The molecule has 0 saturated heterocycles. The number of nitrogens with one attached hydrogen (secondary N) is 1. The molecule has 2 heterocycles. The Bertz CT molecular complexity index is 1420. The van der Waals surface area contributed by atoms with Crippen molar-refractivity contribution in [2.24, 2.45) is 5.10 Å². The summed E-state index contributed by atoms with van der Waals surface area (Å²) in [6.45, 7) is 1.96. The molecule has 6 nitrogen and oxygen atoms in total. The molecule has 2 N–H and O–H groups in total. The molecule has 0 atom stereocenters. The number of carbonyl (C=O) groups is 1. The first-order valence-corrected chi connectivity index (χ1v) is 11.7. The summed E-state index contributed by atoms with van der Waals surface area (Å²) in [6.07, 6.45) is 5.76. The number of aromatic hydroxyl groups is 1. The fourth-order valence-electron chi connectivity index (χ4n) is 4.24. The van der Waals surface area contributed by atoms with Gasteiger partial charge < -0.3 is 5.11 Å². The predicted molar refractivity (Wildman–Crippen MR) is 132 cm³/mol. The van der Waals surface area contributed by atoms with Gasteiger partial charge >= 0.3 is 0 Å². The van der Waals surface area contributed by atoms with Gasteiger partial charge in [-0.2, -0.15) is 5.10 Å². The zero-order valence-corrected chi connectivity index (χ0v) is 19.0. The Labute approximate surface area is 194 Å². The first-order chi connectivity index (χ1) is 16.0. The molecule has 0 aliphatic heterocycles. The van der Waals surface area contributed by atoms with Crippen molar-refractivity contribution in [1.82, 2.24) is 9.99 Å². The molecule has 0 fully saturated rings. The molecule has 0 spiro atoms. The lowest BCUT2D eigenvalue weighted by molar-refractivity contribution is 0.0959. The molecule has 33 heavy (non-hydrogen) atoms. The minimum atomic E-state index is -0.322. The lowest BCUT2D eigenvalue weighted by Gasteiger charge is -2.13. The molecule has 7 heteroatoms. The molecule has 2 aromatic heterocycles. The molecule has 166 valence electrons. The van der Waals surface area contributed by atoms with Crippen molar-refractivity contribution >= 4 is 34.2 Å². The molecule has 0 unspecified atom stereocenters. The second kappa shape index (κ2) is 8.67. The van der Waals surface area contributed by atoms with Crippen molar-refractivity contribution in [3.05, 3.63) is 91.4 Å². The summed E-state index contributed by atoms with van der Waals surface area (Å²) >= 11 is 1.52. The fourth-order valence-corrected chi connectivity index (χ4v) is 5.38. The number of benzene rings is 2. The standard InChI is InChI=1S/C26H23N3O3S/c1-16-10-12-18(13-11-16)29-25(31)20-8-4-3-7-19(20)21(26(29)32)15-27-28-24(30)23-14-17-6-2-5-9-22(17)33-23/h3-4,7-8,10-15,32H,2,5-6,9H2,1H3,(H,28,30). The van der Waals surface area contributed by atoms with Crippen molar-refractivity contribution in [2.45, 2.75) is 32.6 Å². The lowest BCUT2D eigenvalue weighted by Crippen LogP contribution is -2.21. The Morgan fingerprint density at radius 1 is 1.09 bits per heavy atom. The van der Waals surface area contributed by atoms with Gasteiger partial charge in [-0.05, 0) is 62.4 Å². The summed E-state index contributed by atoms with van der Waals surface area (Å²) in [5.74, 6) is -0.506. The third-order valence-corrected chi connectivity index (χ3v) is 7.21. The zero-order valence-electron chi connectivity index (χ0n) is 18.2. The summed E-state index contributed by atoms with van der Waals surface area (Å²) in [6, 6.07) is 16.3. The smallest absolute Gasteiger partial charge is 0.281 e. The quantitative estimate of drug-likeness (QED) is 0.344. The Kier molecular flexibility index (Phi) is 5.56. The van der Waals surface area contributed by atoms with E-state index >= 15 is 0 Å². The highest BCUT2D eigenvalue weighted by molar-refractivity contribution is 7.14. The van der Waals surface area contributed by atoms with Crippen LogP contribution in [0.4, 0.5) is 0 Å². The van der Waals surface area contributed by atoms with E-state index < -0.39 is 0 Å². The van der Waals surface area contributed by atoms with Gasteiger partial charge in [0.25, 0.3) is 11.5 Å². The molecular formula is C26H23N3O3S. The van der Waals surface area contributed by atoms with Crippen molar-refractivity contribution < 1.29 is 9.90 Å². The third kappa shape index (κ3) is 3.96. The van der Waals surface area contributed by atoms with Gasteiger partial charge in [-0.3, -0.25) is 9.59 Å². The second-order valence-electron chi connectivity index (χ2n) is 8.22. The van der Waals surface area contributed by atoms with Crippen molar-refractivity contribution in [1.29, 1.82) is 0 Å². The highest BCUT2D eigenvalue weighted by Crippen LogP contribution is 2.30. The third-order valence-electron chi connectivity index (χ3n) is 5.98. The SMILES string of the molecule is Cc1ccc(-n2c(O)c(C=NNC(=O)c3cc4c(s3)CCCC4)c3ccccc3c2=O)cc1. The predicted octanol–water partition coefficient (Wildman–Crippen LogP) is 4.71. The fraction of sp³-hybridized carbons (Fsp3) is 0.192. The Morgan fingerprint density at radius 2 is 1.82 bits per heavy atom. The lowest BCUT2D eigenvalue weighted by atomic mass is 9.99. The van der Waals surface area contributed by atoms with Crippen LogP contribution in [-0.2, 0) is 12.8 Å². The molecule has 4 aromatic rings. The van der Waals surface area contributed by atoms with E-state index in [0.29, 0.717) is 26.9 Å². The van der Waals surface area contributed by atoms with Crippen molar-refractivity contribution in [3.8, 4) is 11.6 Å². The summed E-state index contributed by atoms with van der Waals surface area (Å²) in [7, 11) is 0.